The molecular formula is C19H23NO5. The van der Waals surface area contributed by atoms with E-state index in [1.54, 1.807) is 38.1 Å². The molecule has 2 rings (SSSR count). The number of aromatic hydroxyl groups is 1. The number of aliphatic hydroxyl groups excluding tert-OH is 2. The number of ketones is 1. The van der Waals surface area contributed by atoms with Crippen LogP contribution in [0.1, 0.15) is 34.8 Å². The smallest absolute Gasteiger partial charge is 0.255 e. The van der Waals surface area contributed by atoms with Crippen LogP contribution in [0.2, 0.25) is 0 Å². The van der Waals surface area contributed by atoms with E-state index in [0.717, 1.165) is 5.56 Å². The van der Waals surface area contributed by atoms with Crippen molar-refractivity contribution in [3.63, 3.8) is 0 Å². The zero-order chi connectivity index (χ0) is 18.6. The molecule has 1 amide bonds. The van der Waals surface area contributed by atoms with Crippen molar-refractivity contribution in [2.75, 3.05) is 6.54 Å². The molecule has 6 nitrogen and oxygen atoms in total. The van der Waals surface area contributed by atoms with E-state index in [4.69, 9.17) is 0 Å². The number of phenolic OH excluding ortho intramolecular Hbond substituents is 1. The molecule has 4 N–H and O–H groups in total. The molecule has 0 saturated carbocycles. The van der Waals surface area contributed by atoms with Crippen molar-refractivity contribution >= 4 is 17.8 Å². The number of rotatable bonds is 0. The van der Waals surface area contributed by atoms with Crippen LogP contribution >= 0.6 is 0 Å². The van der Waals surface area contributed by atoms with E-state index < -0.39 is 23.9 Å². The fourth-order valence-corrected chi connectivity index (χ4v) is 2.59. The Kier molecular flexibility index (Phi) is 6.12. The molecule has 0 bridgehead atoms. The first-order chi connectivity index (χ1) is 11.8. The number of amides is 1. The average Bonchev–Trinajstić information content (AvgIpc) is 2.55. The minimum absolute atomic E-state index is 0.0338. The summed E-state index contributed by atoms with van der Waals surface area (Å²) in [5.41, 5.74) is 1.44. The minimum atomic E-state index is -1.50. The van der Waals surface area contributed by atoms with Gasteiger partial charge in [-0.2, -0.15) is 0 Å². The third kappa shape index (κ3) is 4.78. The lowest BCUT2D eigenvalue weighted by Crippen LogP contribution is -2.33. The first-order valence-corrected chi connectivity index (χ1v) is 8.16. The molecular weight excluding hydrogens is 322 g/mol. The molecule has 3 atom stereocenters. The third-order valence-electron chi connectivity index (χ3n) is 4.02. The van der Waals surface area contributed by atoms with Crippen LogP contribution in [0.3, 0.4) is 0 Å². The summed E-state index contributed by atoms with van der Waals surface area (Å²) in [5.74, 6) is -1.28. The predicted molar refractivity (Wildman–Crippen MR) is 94.2 cm³/mol. The van der Waals surface area contributed by atoms with Gasteiger partial charge in [0.15, 0.2) is 5.78 Å². The summed E-state index contributed by atoms with van der Waals surface area (Å²) in [6.07, 6.45) is 3.22. The van der Waals surface area contributed by atoms with E-state index in [9.17, 15) is 24.9 Å². The van der Waals surface area contributed by atoms with Gasteiger partial charge >= 0.3 is 0 Å². The summed E-state index contributed by atoms with van der Waals surface area (Å²) in [6.45, 7) is 3.85. The van der Waals surface area contributed by atoms with Gasteiger partial charge in [0.25, 0.3) is 5.91 Å². The number of fused-ring (bicyclic) bond motifs is 1. The Balaban J connectivity index is 2.42. The Morgan fingerprint density at radius 2 is 1.88 bits per heavy atom. The largest absolute Gasteiger partial charge is 0.507 e. The highest BCUT2D eigenvalue weighted by atomic mass is 16.3. The number of phenols is 1. The number of aliphatic hydroxyl groups is 2. The molecule has 0 radical (unpaired) electrons. The van der Waals surface area contributed by atoms with E-state index in [1.807, 2.05) is 0 Å². The van der Waals surface area contributed by atoms with Gasteiger partial charge in [-0.25, -0.2) is 0 Å². The summed E-state index contributed by atoms with van der Waals surface area (Å²) in [7, 11) is 0. The topological polar surface area (TPSA) is 107 Å². The van der Waals surface area contributed by atoms with Crippen molar-refractivity contribution in [1.82, 2.24) is 5.32 Å². The van der Waals surface area contributed by atoms with Crippen LogP contribution in [-0.2, 0) is 4.79 Å². The van der Waals surface area contributed by atoms with Crippen LogP contribution < -0.4 is 5.32 Å². The van der Waals surface area contributed by atoms with Gasteiger partial charge in [-0.3, -0.25) is 9.59 Å². The highest BCUT2D eigenvalue weighted by Crippen LogP contribution is 2.25. The number of benzene rings is 1. The van der Waals surface area contributed by atoms with E-state index in [-0.39, 0.29) is 30.2 Å². The van der Waals surface area contributed by atoms with Gasteiger partial charge in [0.05, 0.1) is 11.7 Å². The standard InChI is InChI=1S/C19H23NO5/c1-11-6-7-15(22)18(24)14(21)5-3-4-13-8-12(2)9-16(23)17(13)19(25)20-10-11/h3-4,6-9,11,14,18,21,23-24H,5,10H2,1-2H3,(H,20,25)/b4-3+,7-6-/t11-,14+,18+/m1/s1. The number of aryl methyl sites for hydroxylation is 1. The zero-order valence-electron chi connectivity index (χ0n) is 14.3. The van der Waals surface area contributed by atoms with Crippen molar-refractivity contribution in [3.8, 4) is 5.75 Å². The minimum Gasteiger partial charge on any atom is -0.507 e. The van der Waals surface area contributed by atoms with Gasteiger partial charge in [0, 0.05) is 6.54 Å². The van der Waals surface area contributed by atoms with E-state index in [0.29, 0.717) is 5.56 Å². The molecule has 1 heterocycles. The number of carbonyl (C=O) groups is 2. The van der Waals surface area contributed by atoms with Gasteiger partial charge in [0.1, 0.15) is 11.9 Å². The van der Waals surface area contributed by atoms with Crippen molar-refractivity contribution in [3.05, 3.63) is 47.1 Å². The molecule has 0 aliphatic carbocycles. The molecule has 0 aromatic heterocycles. The molecule has 25 heavy (non-hydrogen) atoms. The van der Waals surface area contributed by atoms with Crippen molar-refractivity contribution in [2.45, 2.75) is 32.5 Å². The fourth-order valence-electron chi connectivity index (χ4n) is 2.59. The molecule has 1 aliphatic heterocycles. The maximum Gasteiger partial charge on any atom is 0.255 e. The number of hydrogen-bond donors (Lipinski definition) is 4. The lowest BCUT2D eigenvalue weighted by atomic mass is 9.99. The van der Waals surface area contributed by atoms with Crippen molar-refractivity contribution < 1.29 is 24.9 Å². The molecule has 0 unspecified atom stereocenters. The van der Waals surface area contributed by atoms with Crippen LogP contribution in [0.15, 0.2) is 30.4 Å². The molecule has 134 valence electrons. The fraction of sp³-hybridized carbons (Fsp3) is 0.368. The van der Waals surface area contributed by atoms with Crippen LogP contribution in [0, 0.1) is 12.8 Å². The number of hydrogen-bond acceptors (Lipinski definition) is 5. The van der Waals surface area contributed by atoms with Crippen LogP contribution in [0.25, 0.3) is 6.08 Å². The Labute approximate surface area is 146 Å². The first-order valence-electron chi connectivity index (χ1n) is 8.16. The quantitative estimate of drug-likeness (QED) is 0.567. The second-order valence-electron chi connectivity index (χ2n) is 6.35. The Hall–Kier alpha value is -2.44. The van der Waals surface area contributed by atoms with E-state index in [2.05, 4.69) is 5.32 Å². The van der Waals surface area contributed by atoms with Gasteiger partial charge in [0.2, 0.25) is 0 Å². The van der Waals surface area contributed by atoms with Gasteiger partial charge in [-0.1, -0.05) is 31.2 Å². The predicted octanol–water partition coefficient (Wildman–Crippen LogP) is 1.33. The van der Waals surface area contributed by atoms with Gasteiger partial charge < -0.3 is 20.6 Å². The summed E-state index contributed by atoms with van der Waals surface area (Å²) in [5, 5.41) is 32.7. The molecule has 1 aromatic rings. The van der Waals surface area contributed by atoms with Crippen molar-refractivity contribution in [1.29, 1.82) is 0 Å². The Morgan fingerprint density at radius 3 is 2.60 bits per heavy atom. The molecule has 6 heteroatoms. The summed E-state index contributed by atoms with van der Waals surface area (Å²) in [4.78, 5) is 24.3. The van der Waals surface area contributed by atoms with Crippen LogP contribution in [0.5, 0.6) is 5.75 Å². The molecule has 0 fully saturated rings. The monoisotopic (exact) mass is 345 g/mol. The molecule has 0 spiro atoms. The SMILES string of the molecule is Cc1cc(O)c2c(c1)/C=C/C[C@H](O)[C@H](O)C(=O)/C=C\[C@@H](C)CNC2=O. The molecule has 1 aromatic carbocycles. The summed E-state index contributed by atoms with van der Waals surface area (Å²) in [6, 6.07) is 3.25. The van der Waals surface area contributed by atoms with Crippen molar-refractivity contribution in [2.24, 2.45) is 5.92 Å². The number of carbonyl (C=O) groups excluding carboxylic acids is 2. The average molecular weight is 345 g/mol. The maximum atomic E-state index is 12.4. The Morgan fingerprint density at radius 1 is 1.16 bits per heavy atom. The van der Waals surface area contributed by atoms with Crippen LogP contribution in [0.4, 0.5) is 0 Å². The highest BCUT2D eigenvalue weighted by Gasteiger charge is 2.22. The second-order valence-corrected chi connectivity index (χ2v) is 6.35. The first kappa shape index (κ1) is 18.9. The highest BCUT2D eigenvalue weighted by molar-refractivity contribution is 6.00. The molecule has 1 aliphatic rings. The second kappa shape index (κ2) is 8.09. The summed E-state index contributed by atoms with van der Waals surface area (Å²) < 4.78 is 0. The Bertz CT molecular complexity index is 723. The van der Waals surface area contributed by atoms with E-state index >= 15 is 0 Å². The normalized spacial score (nSPS) is 27.8. The van der Waals surface area contributed by atoms with Gasteiger partial charge in [-0.15, -0.1) is 0 Å². The number of nitrogens with one attached hydrogen (secondary N) is 1. The zero-order valence-corrected chi connectivity index (χ0v) is 14.3. The maximum absolute atomic E-state index is 12.4. The molecule has 0 saturated heterocycles. The van der Waals surface area contributed by atoms with E-state index in [1.165, 1.54) is 12.1 Å². The lowest BCUT2D eigenvalue weighted by molar-refractivity contribution is -0.127. The lowest BCUT2D eigenvalue weighted by Gasteiger charge is -2.16. The van der Waals surface area contributed by atoms with Gasteiger partial charge in [-0.05, 0) is 42.5 Å². The van der Waals surface area contributed by atoms with Crippen LogP contribution in [-0.4, -0.2) is 45.8 Å². The summed E-state index contributed by atoms with van der Waals surface area (Å²) >= 11 is 0. The third-order valence-corrected chi connectivity index (χ3v) is 4.02.